The van der Waals surface area contributed by atoms with Crippen LogP contribution in [0.25, 0.3) is 0 Å². The van der Waals surface area contributed by atoms with Crippen molar-refractivity contribution < 1.29 is 29.4 Å². The van der Waals surface area contributed by atoms with Gasteiger partial charge in [-0.1, -0.05) is 13.8 Å². The maximum absolute atomic E-state index is 12.9. The summed E-state index contributed by atoms with van der Waals surface area (Å²) in [6.07, 6.45) is 1.71. The largest absolute Gasteiger partial charge is 0.480 e. The van der Waals surface area contributed by atoms with Crippen LogP contribution >= 0.6 is 0 Å². The minimum Gasteiger partial charge on any atom is -0.480 e. The van der Waals surface area contributed by atoms with Crippen molar-refractivity contribution in [2.24, 2.45) is 28.1 Å². The second-order valence-electron chi connectivity index (χ2n) is 8.52. The summed E-state index contributed by atoms with van der Waals surface area (Å²) < 4.78 is 0. The van der Waals surface area contributed by atoms with E-state index in [4.69, 9.17) is 17.2 Å². The standard InChI is InChI=1S/C20H37N7O6/c1-11(2)9-12(21)16(29)25-13(5-3-7-24-20(22)23)17(30)26-14(10-28)18(31)27-8-4-6-15(27)19(32)33/h11-15,28H,3-10,21H2,1-2H3,(H,25,29)(H,26,30)(H,32,33)(H4,22,23,24). The normalized spacial score (nSPS) is 18.3. The molecular weight excluding hydrogens is 434 g/mol. The monoisotopic (exact) mass is 471 g/mol. The molecule has 13 heteroatoms. The van der Waals surface area contributed by atoms with Crippen LogP contribution < -0.4 is 27.8 Å². The minimum atomic E-state index is -1.35. The number of hydrogen-bond acceptors (Lipinski definition) is 7. The summed E-state index contributed by atoms with van der Waals surface area (Å²) in [7, 11) is 0. The molecule has 1 rings (SSSR count). The van der Waals surface area contributed by atoms with E-state index in [0.717, 1.165) is 4.90 Å². The highest BCUT2D eigenvalue weighted by molar-refractivity contribution is 5.94. The number of carboxylic acid groups (broad SMARTS) is 1. The number of nitrogens with zero attached hydrogens (tertiary/aromatic N) is 2. The van der Waals surface area contributed by atoms with E-state index >= 15 is 0 Å². The number of hydrogen-bond donors (Lipinski definition) is 7. The Morgan fingerprint density at radius 3 is 2.30 bits per heavy atom. The number of nitrogens with one attached hydrogen (secondary N) is 2. The fourth-order valence-corrected chi connectivity index (χ4v) is 3.61. The summed E-state index contributed by atoms with van der Waals surface area (Å²) in [6.45, 7) is 3.52. The second kappa shape index (κ2) is 13.6. The van der Waals surface area contributed by atoms with Crippen molar-refractivity contribution >= 4 is 29.7 Å². The van der Waals surface area contributed by atoms with Crippen molar-refractivity contribution in [3.05, 3.63) is 0 Å². The molecule has 4 atom stereocenters. The molecule has 0 saturated carbocycles. The lowest BCUT2D eigenvalue weighted by molar-refractivity contribution is -0.150. The average Bonchev–Trinajstić information content (AvgIpc) is 3.22. The third-order valence-electron chi connectivity index (χ3n) is 5.26. The van der Waals surface area contributed by atoms with Crippen LogP contribution in [0.1, 0.15) is 46.0 Å². The number of likely N-dealkylation sites (tertiary alicyclic amines) is 1. The third-order valence-corrected chi connectivity index (χ3v) is 5.26. The Bertz CT molecular complexity index is 726. The van der Waals surface area contributed by atoms with Gasteiger partial charge >= 0.3 is 5.97 Å². The molecule has 33 heavy (non-hydrogen) atoms. The number of rotatable bonds is 13. The number of aliphatic imine (C=N–C) groups is 1. The summed E-state index contributed by atoms with van der Waals surface area (Å²) in [4.78, 5) is 54.5. The summed E-state index contributed by atoms with van der Waals surface area (Å²) in [6, 6.07) is -4.23. The van der Waals surface area contributed by atoms with E-state index < -0.39 is 54.5 Å². The summed E-state index contributed by atoms with van der Waals surface area (Å²) in [5.41, 5.74) is 16.5. The van der Waals surface area contributed by atoms with E-state index in [1.165, 1.54) is 0 Å². The van der Waals surface area contributed by atoms with E-state index in [9.17, 15) is 29.4 Å². The molecule has 0 bridgehead atoms. The summed E-state index contributed by atoms with van der Waals surface area (Å²) >= 11 is 0. The molecule has 1 aliphatic heterocycles. The number of aliphatic hydroxyl groups excluding tert-OH is 1. The fourth-order valence-electron chi connectivity index (χ4n) is 3.61. The molecule has 4 unspecified atom stereocenters. The molecule has 1 fully saturated rings. The SMILES string of the molecule is CC(C)CC(N)C(=O)NC(CCCN=C(N)N)C(=O)NC(CO)C(=O)N1CCCC1C(=O)O. The van der Waals surface area contributed by atoms with Gasteiger partial charge in [-0.2, -0.15) is 0 Å². The molecule has 1 heterocycles. The maximum Gasteiger partial charge on any atom is 0.326 e. The van der Waals surface area contributed by atoms with Crippen molar-refractivity contribution in [1.29, 1.82) is 0 Å². The lowest BCUT2D eigenvalue weighted by Gasteiger charge is -2.28. The lowest BCUT2D eigenvalue weighted by atomic mass is 10.0. The first-order chi connectivity index (χ1) is 15.5. The molecule has 13 nitrogen and oxygen atoms in total. The van der Waals surface area contributed by atoms with Gasteiger partial charge in [0.15, 0.2) is 5.96 Å². The predicted molar refractivity (Wildman–Crippen MR) is 121 cm³/mol. The molecule has 0 radical (unpaired) electrons. The Hall–Kier alpha value is -2.93. The number of carboxylic acids is 1. The van der Waals surface area contributed by atoms with Crippen LogP contribution in [-0.4, -0.2) is 88.6 Å². The smallest absolute Gasteiger partial charge is 0.326 e. The molecule has 0 aliphatic carbocycles. The zero-order valence-corrected chi connectivity index (χ0v) is 19.2. The van der Waals surface area contributed by atoms with E-state index in [-0.39, 0.29) is 31.4 Å². The number of nitrogens with two attached hydrogens (primary N) is 3. The Labute approximate surface area is 193 Å². The van der Waals surface area contributed by atoms with Gasteiger partial charge in [-0.15, -0.1) is 0 Å². The van der Waals surface area contributed by atoms with Gasteiger partial charge in [-0.25, -0.2) is 4.79 Å². The first-order valence-electron chi connectivity index (χ1n) is 11.0. The predicted octanol–water partition coefficient (Wildman–Crippen LogP) is -2.55. The molecule has 3 amide bonds. The molecule has 1 aliphatic rings. The average molecular weight is 472 g/mol. The number of carbonyl (C=O) groups excluding carboxylic acids is 3. The molecular formula is C20H37N7O6. The van der Waals surface area contributed by atoms with Crippen molar-refractivity contribution in [2.45, 2.75) is 70.1 Å². The van der Waals surface area contributed by atoms with Gasteiger partial charge in [0, 0.05) is 13.1 Å². The highest BCUT2D eigenvalue weighted by atomic mass is 16.4. The Morgan fingerprint density at radius 1 is 1.12 bits per heavy atom. The van der Waals surface area contributed by atoms with E-state index in [1.807, 2.05) is 13.8 Å². The van der Waals surface area contributed by atoms with Crippen molar-refractivity contribution in [1.82, 2.24) is 15.5 Å². The molecule has 10 N–H and O–H groups in total. The van der Waals surface area contributed by atoms with Gasteiger partial charge in [0.1, 0.15) is 18.1 Å². The van der Waals surface area contributed by atoms with Crippen molar-refractivity contribution in [3.8, 4) is 0 Å². The molecule has 0 aromatic rings. The van der Waals surface area contributed by atoms with Crippen LogP contribution in [0.5, 0.6) is 0 Å². The summed E-state index contributed by atoms with van der Waals surface area (Å²) in [5.74, 6) is -3.01. The zero-order chi connectivity index (χ0) is 25.1. The lowest BCUT2D eigenvalue weighted by Crippen LogP contribution is -2.58. The van der Waals surface area contributed by atoms with Crippen LogP contribution in [0.3, 0.4) is 0 Å². The highest BCUT2D eigenvalue weighted by Crippen LogP contribution is 2.18. The minimum absolute atomic E-state index is 0.108. The number of guanidine groups is 1. The zero-order valence-electron chi connectivity index (χ0n) is 19.2. The fraction of sp³-hybridized carbons (Fsp3) is 0.750. The Kier molecular flexibility index (Phi) is 11.6. The van der Waals surface area contributed by atoms with Gasteiger partial charge in [-0.05, 0) is 38.0 Å². The topological polar surface area (TPSA) is 226 Å². The molecule has 1 saturated heterocycles. The van der Waals surface area contributed by atoms with Crippen molar-refractivity contribution in [3.63, 3.8) is 0 Å². The molecule has 0 aromatic carbocycles. The van der Waals surface area contributed by atoms with Crippen LogP contribution in [-0.2, 0) is 19.2 Å². The van der Waals surface area contributed by atoms with Gasteiger partial charge in [0.2, 0.25) is 17.7 Å². The Morgan fingerprint density at radius 2 is 1.76 bits per heavy atom. The first kappa shape index (κ1) is 28.1. The quantitative estimate of drug-likeness (QED) is 0.0850. The maximum atomic E-state index is 12.9. The Balaban J connectivity index is 2.89. The van der Waals surface area contributed by atoms with Crippen molar-refractivity contribution in [2.75, 3.05) is 19.7 Å². The van der Waals surface area contributed by atoms with Gasteiger partial charge in [0.05, 0.1) is 12.6 Å². The second-order valence-corrected chi connectivity index (χ2v) is 8.52. The van der Waals surface area contributed by atoms with E-state index in [0.29, 0.717) is 25.7 Å². The van der Waals surface area contributed by atoms with Crippen LogP contribution in [0, 0.1) is 5.92 Å². The highest BCUT2D eigenvalue weighted by Gasteiger charge is 2.38. The number of carbonyl (C=O) groups is 4. The van der Waals surface area contributed by atoms with E-state index in [2.05, 4.69) is 15.6 Å². The van der Waals surface area contributed by atoms with Gasteiger partial charge < -0.3 is 42.9 Å². The third kappa shape index (κ3) is 9.22. The van der Waals surface area contributed by atoms with Gasteiger partial charge in [0.25, 0.3) is 0 Å². The number of aliphatic carboxylic acids is 1. The molecule has 0 aromatic heterocycles. The van der Waals surface area contributed by atoms with Crippen LogP contribution in [0.2, 0.25) is 0 Å². The summed E-state index contributed by atoms with van der Waals surface area (Å²) in [5, 5.41) is 24.0. The molecule has 188 valence electrons. The van der Waals surface area contributed by atoms with Crippen LogP contribution in [0.4, 0.5) is 0 Å². The van der Waals surface area contributed by atoms with Gasteiger partial charge in [-0.3, -0.25) is 19.4 Å². The molecule has 0 spiro atoms. The number of amides is 3. The van der Waals surface area contributed by atoms with Crippen LogP contribution in [0.15, 0.2) is 4.99 Å². The number of aliphatic hydroxyl groups is 1. The first-order valence-corrected chi connectivity index (χ1v) is 11.0. The van der Waals surface area contributed by atoms with E-state index in [1.54, 1.807) is 0 Å².